The van der Waals surface area contributed by atoms with E-state index in [4.69, 9.17) is 15.2 Å². The number of hydrogen-bond donors (Lipinski definition) is 1. The highest BCUT2D eigenvalue weighted by molar-refractivity contribution is 5.93. The van der Waals surface area contributed by atoms with E-state index in [9.17, 15) is 4.79 Å². The van der Waals surface area contributed by atoms with E-state index < -0.39 is 0 Å². The van der Waals surface area contributed by atoms with E-state index in [1.807, 2.05) is 0 Å². The quantitative estimate of drug-likeness (QED) is 0.679. The van der Waals surface area contributed by atoms with Crippen molar-refractivity contribution in [3.8, 4) is 5.75 Å². The molecule has 116 valence electrons. The molecule has 0 aliphatic heterocycles. The molecule has 1 aliphatic rings. The zero-order valence-electron chi connectivity index (χ0n) is 13.1. The third kappa shape index (κ3) is 4.13. The summed E-state index contributed by atoms with van der Waals surface area (Å²) < 4.78 is 11.2. The highest BCUT2D eigenvalue weighted by atomic mass is 16.5. The van der Waals surface area contributed by atoms with Gasteiger partial charge in [0.05, 0.1) is 12.7 Å². The largest absolute Gasteiger partial charge is 0.490 e. The molecule has 0 bridgehead atoms. The Morgan fingerprint density at radius 3 is 2.52 bits per heavy atom. The van der Waals surface area contributed by atoms with Gasteiger partial charge in [-0.2, -0.15) is 0 Å². The highest BCUT2D eigenvalue weighted by Gasteiger charge is 2.26. The van der Waals surface area contributed by atoms with Crippen LogP contribution in [0.4, 0.5) is 5.69 Å². The van der Waals surface area contributed by atoms with Gasteiger partial charge in [0, 0.05) is 5.69 Å². The van der Waals surface area contributed by atoms with Crippen LogP contribution in [0.1, 0.15) is 50.4 Å². The Labute approximate surface area is 126 Å². The third-order valence-corrected chi connectivity index (χ3v) is 3.93. The molecule has 2 atom stereocenters. The maximum absolute atomic E-state index is 12.0. The van der Waals surface area contributed by atoms with Crippen LogP contribution < -0.4 is 10.5 Å². The molecule has 0 amide bonds. The van der Waals surface area contributed by atoms with Gasteiger partial charge in [-0.15, -0.1) is 0 Å². The number of anilines is 1. The standard InChI is InChI=1S/C17H25NO3/c1-4-20-17(19)15-10-13(18)5-6-16(15)21-14-8-11(2)7-12(3)9-14/h5-6,10-12,14H,4,7-9,18H2,1-3H3. The molecular weight excluding hydrogens is 266 g/mol. The molecule has 2 N–H and O–H groups in total. The van der Waals surface area contributed by atoms with Crippen LogP contribution in [0.15, 0.2) is 18.2 Å². The SMILES string of the molecule is CCOC(=O)c1cc(N)ccc1OC1CC(C)CC(C)C1. The van der Waals surface area contributed by atoms with Gasteiger partial charge in [-0.3, -0.25) is 0 Å². The van der Waals surface area contributed by atoms with E-state index in [1.54, 1.807) is 25.1 Å². The Bertz CT molecular complexity index is 491. The van der Waals surface area contributed by atoms with Gasteiger partial charge < -0.3 is 15.2 Å². The number of ether oxygens (including phenoxy) is 2. The fourth-order valence-corrected chi connectivity index (χ4v) is 3.17. The monoisotopic (exact) mass is 291 g/mol. The summed E-state index contributed by atoms with van der Waals surface area (Å²) >= 11 is 0. The molecule has 1 fully saturated rings. The summed E-state index contributed by atoms with van der Waals surface area (Å²) in [4.78, 5) is 12.0. The van der Waals surface area contributed by atoms with Crippen molar-refractivity contribution in [1.29, 1.82) is 0 Å². The number of benzene rings is 1. The van der Waals surface area contributed by atoms with Crippen molar-refractivity contribution in [3.63, 3.8) is 0 Å². The Hall–Kier alpha value is -1.71. The van der Waals surface area contributed by atoms with Gasteiger partial charge in [0.25, 0.3) is 0 Å². The summed E-state index contributed by atoms with van der Waals surface area (Å²) in [5.74, 6) is 1.50. The van der Waals surface area contributed by atoms with Gasteiger partial charge >= 0.3 is 5.97 Å². The maximum Gasteiger partial charge on any atom is 0.341 e. The molecule has 21 heavy (non-hydrogen) atoms. The number of hydrogen-bond acceptors (Lipinski definition) is 4. The molecule has 0 aromatic heterocycles. The lowest BCUT2D eigenvalue weighted by Gasteiger charge is -2.32. The molecule has 4 heteroatoms. The Morgan fingerprint density at radius 1 is 1.24 bits per heavy atom. The van der Waals surface area contributed by atoms with Crippen LogP contribution in [0, 0.1) is 11.8 Å². The second-order valence-electron chi connectivity index (χ2n) is 6.13. The van der Waals surface area contributed by atoms with Crippen LogP contribution in [0.5, 0.6) is 5.75 Å². The summed E-state index contributed by atoms with van der Waals surface area (Å²) in [7, 11) is 0. The molecule has 2 unspecified atom stereocenters. The van der Waals surface area contributed by atoms with Crippen molar-refractivity contribution < 1.29 is 14.3 Å². The van der Waals surface area contributed by atoms with Gasteiger partial charge in [0.2, 0.25) is 0 Å². The fraction of sp³-hybridized carbons (Fsp3) is 0.588. The predicted octanol–water partition coefficient (Wildman–Crippen LogP) is 3.65. The van der Waals surface area contributed by atoms with Crippen molar-refractivity contribution in [3.05, 3.63) is 23.8 Å². The van der Waals surface area contributed by atoms with Gasteiger partial charge in [-0.05, 0) is 56.2 Å². The molecular formula is C17H25NO3. The van der Waals surface area contributed by atoms with Gasteiger partial charge in [0.1, 0.15) is 11.3 Å². The van der Waals surface area contributed by atoms with Crippen molar-refractivity contribution in [2.75, 3.05) is 12.3 Å². The van der Waals surface area contributed by atoms with E-state index >= 15 is 0 Å². The minimum Gasteiger partial charge on any atom is -0.490 e. The third-order valence-electron chi connectivity index (χ3n) is 3.93. The molecule has 1 saturated carbocycles. The van der Waals surface area contributed by atoms with Crippen molar-refractivity contribution >= 4 is 11.7 Å². The zero-order valence-corrected chi connectivity index (χ0v) is 13.1. The first-order chi connectivity index (χ1) is 9.99. The number of esters is 1. The van der Waals surface area contributed by atoms with Crippen LogP contribution >= 0.6 is 0 Å². The Morgan fingerprint density at radius 2 is 1.90 bits per heavy atom. The average Bonchev–Trinajstić information content (AvgIpc) is 2.40. The lowest BCUT2D eigenvalue weighted by Crippen LogP contribution is -2.29. The van der Waals surface area contributed by atoms with E-state index in [1.165, 1.54) is 6.42 Å². The summed E-state index contributed by atoms with van der Waals surface area (Å²) in [6, 6.07) is 5.16. The van der Waals surface area contributed by atoms with E-state index in [2.05, 4.69) is 13.8 Å². The van der Waals surface area contributed by atoms with Crippen LogP contribution in [0.3, 0.4) is 0 Å². The summed E-state index contributed by atoms with van der Waals surface area (Å²) in [6.45, 7) is 6.63. The maximum atomic E-state index is 12.0. The molecule has 0 radical (unpaired) electrons. The van der Waals surface area contributed by atoms with E-state index in [-0.39, 0.29) is 12.1 Å². The average molecular weight is 291 g/mol. The Kier molecular flexibility index (Phi) is 5.10. The van der Waals surface area contributed by atoms with Gasteiger partial charge in [0.15, 0.2) is 0 Å². The highest BCUT2D eigenvalue weighted by Crippen LogP contribution is 2.33. The molecule has 2 rings (SSSR count). The fourth-order valence-electron chi connectivity index (χ4n) is 3.17. The first-order valence-electron chi connectivity index (χ1n) is 7.72. The first-order valence-corrected chi connectivity index (χ1v) is 7.72. The molecule has 1 aliphatic carbocycles. The molecule has 0 heterocycles. The van der Waals surface area contributed by atoms with E-state index in [0.717, 1.165) is 12.8 Å². The first kappa shape index (κ1) is 15.7. The van der Waals surface area contributed by atoms with Crippen molar-refractivity contribution in [2.24, 2.45) is 11.8 Å². The second-order valence-corrected chi connectivity index (χ2v) is 6.13. The molecule has 4 nitrogen and oxygen atoms in total. The van der Waals surface area contributed by atoms with E-state index in [0.29, 0.717) is 35.4 Å². The number of nitrogen functional groups attached to an aromatic ring is 1. The smallest absolute Gasteiger partial charge is 0.341 e. The van der Waals surface area contributed by atoms with Crippen molar-refractivity contribution in [2.45, 2.75) is 46.1 Å². The van der Waals surface area contributed by atoms with Crippen LogP contribution in [0.2, 0.25) is 0 Å². The summed E-state index contributed by atoms with van der Waals surface area (Å²) in [6.07, 6.45) is 3.45. The lowest BCUT2D eigenvalue weighted by molar-refractivity contribution is 0.0511. The second kappa shape index (κ2) is 6.83. The number of rotatable bonds is 4. The predicted molar refractivity (Wildman–Crippen MR) is 83.4 cm³/mol. The molecule has 0 spiro atoms. The number of carbonyl (C=O) groups is 1. The van der Waals surface area contributed by atoms with Crippen LogP contribution in [0.25, 0.3) is 0 Å². The minimum atomic E-state index is -0.378. The summed E-state index contributed by atoms with van der Waals surface area (Å²) in [5.41, 5.74) is 6.73. The van der Waals surface area contributed by atoms with Crippen LogP contribution in [-0.2, 0) is 4.74 Å². The van der Waals surface area contributed by atoms with Gasteiger partial charge in [-0.1, -0.05) is 13.8 Å². The zero-order chi connectivity index (χ0) is 15.4. The van der Waals surface area contributed by atoms with Crippen LogP contribution in [-0.4, -0.2) is 18.7 Å². The Balaban J connectivity index is 2.17. The summed E-state index contributed by atoms with van der Waals surface area (Å²) in [5, 5.41) is 0. The lowest BCUT2D eigenvalue weighted by atomic mass is 9.82. The van der Waals surface area contributed by atoms with Gasteiger partial charge in [-0.25, -0.2) is 4.79 Å². The molecule has 1 aromatic rings. The minimum absolute atomic E-state index is 0.153. The number of nitrogens with two attached hydrogens (primary N) is 1. The normalized spacial score (nSPS) is 25.4. The van der Waals surface area contributed by atoms with Crippen molar-refractivity contribution in [1.82, 2.24) is 0 Å². The molecule has 0 saturated heterocycles. The number of carbonyl (C=O) groups excluding carboxylic acids is 1. The molecule has 1 aromatic carbocycles. The topological polar surface area (TPSA) is 61.5 Å².